The van der Waals surface area contributed by atoms with Gasteiger partial charge in [-0.05, 0) is 47.5 Å². The molecule has 3 aromatic rings. The lowest BCUT2D eigenvalue weighted by Gasteiger charge is -2.22. The molecule has 0 spiro atoms. The molecule has 1 unspecified atom stereocenters. The first-order valence-electron chi connectivity index (χ1n) is 8.55. The SMILES string of the molecule is O=C(c1ccc(Cl)nc1)N1N=C(c2ccc(Cl)cc2)CC1c1ccc(Br)cc1. The van der Waals surface area contributed by atoms with Gasteiger partial charge in [-0.3, -0.25) is 4.79 Å². The third kappa shape index (κ3) is 3.97. The van der Waals surface area contributed by atoms with E-state index in [9.17, 15) is 4.79 Å². The molecule has 1 aromatic heterocycles. The number of nitrogens with zero attached hydrogens (tertiary/aromatic N) is 3. The number of pyridine rings is 1. The zero-order valence-electron chi connectivity index (χ0n) is 14.5. The number of rotatable bonds is 3. The van der Waals surface area contributed by atoms with Crippen LogP contribution in [-0.2, 0) is 0 Å². The van der Waals surface area contributed by atoms with Crippen LogP contribution in [0.4, 0.5) is 0 Å². The van der Waals surface area contributed by atoms with Gasteiger partial charge in [-0.15, -0.1) is 0 Å². The Bertz CT molecular complexity index is 1030. The van der Waals surface area contributed by atoms with E-state index >= 15 is 0 Å². The van der Waals surface area contributed by atoms with Crippen molar-refractivity contribution in [3.05, 3.63) is 98.2 Å². The predicted molar refractivity (Wildman–Crippen MR) is 115 cm³/mol. The highest BCUT2D eigenvalue weighted by Gasteiger charge is 2.33. The van der Waals surface area contributed by atoms with Gasteiger partial charge in [0.1, 0.15) is 5.15 Å². The lowest BCUT2D eigenvalue weighted by atomic mass is 9.98. The van der Waals surface area contributed by atoms with Crippen LogP contribution in [0, 0.1) is 0 Å². The normalized spacial score (nSPS) is 16.2. The Hall–Kier alpha value is -2.21. The lowest BCUT2D eigenvalue weighted by Crippen LogP contribution is -2.27. The Labute approximate surface area is 180 Å². The van der Waals surface area contributed by atoms with Gasteiger partial charge in [-0.1, -0.05) is 63.4 Å². The first-order chi connectivity index (χ1) is 13.5. The molecule has 4 rings (SSSR count). The minimum Gasteiger partial charge on any atom is -0.267 e. The fraction of sp³-hybridized carbons (Fsp3) is 0.0952. The van der Waals surface area contributed by atoms with Crippen molar-refractivity contribution in [3.63, 3.8) is 0 Å². The van der Waals surface area contributed by atoms with Crippen LogP contribution < -0.4 is 0 Å². The number of hydrazone groups is 1. The van der Waals surface area contributed by atoms with E-state index in [1.807, 2.05) is 48.5 Å². The maximum Gasteiger partial charge on any atom is 0.276 e. The van der Waals surface area contributed by atoms with Gasteiger partial charge in [0.05, 0.1) is 17.3 Å². The van der Waals surface area contributed by atoms with E-state index in [0.717, 1.165) is 21.3 Å². The molecule has 4 nitrogen and oxygen atoms in total. The van der Waals surface area contributed by atoms with E-state index in [1.54, 1.807) is 12.1 Å². The number of hydrogen-bond donors (Lipinski definition) is 0. The van der Waals surface area contributed by atoms with Crippen LogP contribution in [0.15, 0.2) is 76.4 Å². The minimum atomic E-state index is -0.221. The molecule has 2 heterocycles. The first-order valence-corrected chi connectivity index (χ1v) is 10.1. The lowest BCUT2D eigenvalue weighted by molar-refractivity contribution is 0.0711. The van der Waals surface area contributed by atoms with Crippen LogP contribution in [0.5, 0.6) is 0 Å². The summed E-state index contributed by atoms with van der Waals surface area (Å²) in [5.41, 5.74) is 3.22. The van der Waals surface area contributed by atoms with Gasteiger partial charge in [0, 0.05) is 22.1 Å². The van der Waals surface area contributed by atoms with Crippen LogP contribution >= 0.6 is 39.1 Å². The number of carbonyl (C=O) groups excluding carboxylic acids is 1. The molecule has 2 aromatic carbocycles. The third-order valence-electron chi connectivity index (χ3n) is 4.53. The van der Waals surface area contributed by atoms with Crippen molar-refractivity contribution in [2.45, 2.75) is 12.5 Å². The van der Waals surface area contributed by atoms with Crippen molar-refractivity contribution in [1.29, 1.82) is 0 Å². The highest BCUT2D eigenvalue weighted by Crippen LogP contribution is 2.34. The summed E-state index contributed by atoms with van der Waals surface area (Å²) < 4.78 is 0.980. The Morgan fingerprint density at radius 1 is 1.00 bits per heavy atom. The molecular formula is C21H14BrCl2N3O. The van der Waals surface area contributed by atoms with E-state index in [0.29, 0.717) is 22.2 Å². The van der Waals surface area contributed by atoms with E-state index in [1.165, 1.54) is 11.2 Å². The summed E-state index contributed by atoms with van der Waals surface area (Å²) in [5.74, 6) is -0.221. The zero-order valence-corrected chi connectivity index (χ0v) is 17.6. The van der Waals surface area contributed by atoms with Crippen molar-refractivity contribution in [2.75, 3.05) is 0 Å². The van der Waals surface area contributed by atoms with Crippen molar-refractivity contribution in [3.8, 4) is 0 Å². The van der Waals surface area contributed by atoms with E-state index in [2.05, 4.69) is 26.0 Å². The molecule has 1 aliphatic heterocycles. The minimum absolute atomic E-state index is 0.207. The van der Waals surface area contributed by atoms with Crippen LogP contribution in [0.3, 0.4) is 0 Å². The highest BCUT2D eigenvalue weighted by atomic mass is 79.9. The third-order valence-corrected chi connectivity index (χ3v) is 5.53. The van der Waals surface area contributed by atoms with E-state index < -0.39 is 0 Å². The number of amides is 1. The molecule has 0 N–H and O–H groups in total. The molecule has 7 heteroatoms. The molecule has 1 amide bonds. The predicted octanol–water partition coefficient (Wildman–Crippen LogP) is 6.14. The summed E-state index contributed by atoms with van der Waals surface area (Å²) in [5, 5.41) is 7.18. The monoisotopic (exact) mass is 473 g/mol. The second-order valence-corrected chi connectivity index (χ2v) is 8.08. The maximum atomic E-state index is 13.1. The van der Waals surface area contributed by atoms with E-state index in [4.69, 9.17) is 23.2 Å². The van der Waals surface area contributed by atoms with Crippen molar-refractivity contribution in [2.24, 2.45) is 5.10 Å². The Morgan fingerprint density at radius 3 is 2.36 bits per heavy atom. The number of halogens is 3. The molecule has 28 heavy (non-hydrogen) atoms. The summed E-state index contributed by atoms with van der Waals surface area (Å²) >= 11 is 15.3. The second kappa shape index (κ2) is 8.03. The molecule has 0 bridgehead atoms. The molecule has 1 atom stereocenters. The molecule has 0 saturated heterocycles. The fourth-order valence-electron chi connectivity index (χ4n) is 3.09. The molecule has 0 aliphatic carbocycles. The molecule has 0 saturated carbocycles. The number of hydrogen-bond acceptors (Lipinski definition) is 3. The largest absolute Gasteiger partial charge is 0.276 e. The van der Waals surface area contributed by atoms with Gasteiger partial charge in [0.25, 0.3) is 5.91 Å². The van der Waals surface area contributed by atoms with Crippen molar-refractivity contribution < 1.29 is 4.79 Å². The maximum absolute atomic E-state index is 13.1. The molecule has 140 valence electrons. The van der Waals surface area contributed by atoms with Crippen LogP contribution in [0.1, 0.15) is 33.9 Å². The molecule has 0 radical (unpaired) electrons. The summed E-state index contributed by atoms with van der Waals surface area (Å²) in [6.07, 6.45) is 2.08. The average molecular weight is 475 g/mol. The van der Waals surface area contributed by atoms with Gasteiger partial charge in [0.2, 0.25) is 0 Å². The number of carbonyl (C=O) groups is 1. The van der Waals surface area contributed by atoms with Gasteiger partial charge in [0.15, 0.2) is 0 Å². The topological polar surface area (TPSA) is 45.6 Å². The van der Waals surface area contributed by atoms with Gasteiger partial charge in [-0.25, -0.2) is 9.99 Å². The summed E-state index contributed by atoms with van der Waals surface area (Å²) in [6.45, 7) is 0. The van der Waals surface area contributed by atoms with Gasteiger partial charge < -0.3 is 0 Å². The fourth-order valence-corrected chi connectivity index (χ4v) is 3.60. The quantitative estimate of drug-likeness (QED) is 0.428. The van der Waals surface area contributed by atoms with Crippen LogP contribution in [0.25, 0.3) is 0 Å². The summed E-state index contributed by atoms with van der Waals surface area (Å²) in [6, 6.07) is 18.4. The van der Waals surface area contributed by atoms with E-state index in [-0.39, 0.29) is 11.9 Å². The van der Waals surface area contributed by atoms with Gasteiger partial charge >= 0.3 is 0 Å². The Morgan fingerprint density at radius 2 is 1.71 bits per heavy atom. The first kappa shape index (κ1) is 19.1. The van der Waals surface area contributed by atoms with Gasteiger partial charge in [-0.2, -0.15) is 5.10 Å². The molecule has 1 aliphatic rings. The van der Waals surface area contributed by atoms with Crippen LogP contribution in [0.2, 0.25) is 10.2 Å². The number of aromatic nitrogens is 1. The standard InChI is InChI=1S/C21H14BrCl2N3O/c22-16-6-1-14(2-7-16)19-11-18(13-3-8-17(23)9-4-13)26-27(19)21(28)15-5-10-20(24)25-12-15/h1-10,12,19H,11H2. The molecular weight excluding hydrogens is 461 g/mol. The highest BCUT2D eigenvalue weighted by molar-refractivity contribution is 9.10. The average Bonchev–Trinajstić information content (AvgIpc) is 3.14. The molecule has 0 fully saturated rings. The zero-order chi connectivity index (χ0) is 19.7. The summed E-state index contributed by atoms with van der Waals surface area (Å²) in [4.78, 5) is 17.2. The second-order valence-electron chi connectivity index (χ2n) is 6.34. The van der Waals surface area contributed by atoms with Crippen molar-refractivity contribution in [1.82, 2.24) is 9.99 Å². The Balaban J connectivity index is 1.72. The Kier molecular flexibility index (Phi) is 5.49. The van der Waals surface area contributed by atoms with Crippen LogP contribution in [-0.4, -0.2) is 21.6 Å². The smallest absolute Gasteiger partial charge is 0.267 e. The summed E-state index contributed by atoms with van der Waals surface area (Å²) in [7, 11) is 0. The number of benzene rings is 2. The van der Waals surface area contributed by atoms with Crippen molar-refractivity contribution >= 4 is 50.8 Å².